The maximum absolute atomic E-state index is 6.10. The van der Waals surface area contributed by atoms with Crippen LogP contribution in [0.2, 0.25) is 0 Å². The second-order valence-electron chi connectivity index (χ2n) is 4.06. The summed E-state index contributed by atoms with van der Waals surface area (Å²) in [6.07, 6.45) is 4.03. The van der Waals surface area contributed by atoms with Crippen molar-refractivity contribution in [2.45, 2.75) is 18.7 Å². The maximum atomic E-state index is 6.10. The number of alkyl halides is 1. The Bertz CT molecular complexity index is 707. The van der Waals surface area contributed by atoms with Crippen LogP contribution >= 0.6 is 11.6 Å². The zero-order valence-electron chi connectivity index (χ0n) is 10.2. The largest absolute Gasteiger partial charge is 0.334 e. The minimum atomic E-state index is -0.237. The number of fused-ring (bicyclic) bond motifs is 1. The fourth-order valence-corrected chi connectivity index (χ4v) is 1.91. The molecule has 0 aliphatic heterocycles. The highest BCUT2D eigenvalue weighted by Crippen LogP contribution is 2.27. The molecule has 0 fully saturated rings. The zero-order valence-corrected chi connectivity index (χ0v) is 11.0. The minimum Gasteiger partial charge on any atom is -0.334 e. The monoisotopic (exact) mass is 274 g/mol. The Labute approximate surface area is 114 Å². The lowest BCUT2D eigenvalue weighted by molar-refractivity contribution is 0.421. The number of nitrogens with zero attached hydrogens (tertiary/aromatic N) is 4. The van der Waals surface area contributed by atoms with E-state index in [1.807, 2.05) is 25.1 Å². The van der Waals surface area contributed by atoms with Gasteiger partial charge in [0.2, 0.25) is 0 Å². The number of aromatic nitrogens is 4. The molecular weight excluding hydrogens is 264 g/mol. The molecule has 96 valence electrons. The van der Waals surface area contributed by atoms with E-state index in [-0.39, 0.29) is 5.38 Å². The molecule has 0 N–H and O–H groups in total. The summed E-state index contributed by atoms with van der Waals surface area (Å²) in [5, 5.41) is 3.67. The molecule has 1 unspecified atom stereocenters. The van der Waals surface area contributed by atoms with Crippen molar-refractivity contribution >= 4 is 22.6 Å². The van der Waals surface area contributed by atoms with Crippen molar-refractivity contribution < 1.29 is 4.52 Å². The number of hydrogen-bond acceptors (Lipinski definition) is 5. The van der Waals surface area contributed by atoms with Gasteiger partial charge in [0.1, 0.15) is 5.52 Å². The molecule has 1 aromatic carbocycles. The number of rotatable bonds is 3. The lowest BCUT2D eigenvalue weighted by atomic mass is 10.1. The summed E-state index contributed by atoms with van der Waals surface area (Å²) in [7, 11) is 0. The summed E-state index contributed by atoms with van der Waals surface area (Å²) in [6.45, 7) is 1.97. The van der Waals surface area contributed by atoms with Crippen molar-refractivity contribution in [2.75, 3.05) is 0 Å². The second kappa shape index (κ2) is 4.93. The van der Waals surface area contributed by atoms with Gasteiger partial charge in [-0.3, -0.25) is 9.97 Å². The minimum absolute atomic E-state index is 0.237. The first-order chi connectivity index (χ1) is 9.29. The third-order valence-electron chi connectivity index (χ3n) is 2.81. The van der Waals surface area contributed by atoms with Crippen LogP contribution in [0.4, 0.5) is 0 Å². The molecule has 3 rings (SSSR count). The van der Waals surface area contributed by atoms with Gasteiger partial charge < -0.3 is 4.52 Å². The summed E-state index contributed by atoms with van der Waals surface area (Å²) in [5.74, 6) is 0.917. The maximum Gasteiger partial charge on any atom is 0.260 e. The van der Waals surface area contributed by atoms with Crippen LogP contribution in [-0.4, -0.2) is 20.1 Å². The van der Waals surface area contributed by atoms with Crippen LogP contribution in [0.25, 0.3) is 22.5 Å². The van der Waals surface area contributed by atoms with Crippen LogP contribution < -0.4 is 0 Å². The van der Waals surface area contributed by atoms with E-state index in [0.717, 1.165) is 23.0 Å². The van der Waals surface area contributed by atoms with Gasteiger partial charge in [-0.25, -0.2) is 0 Å². The highest BCUT2D eigenvalue weighted by Gasteiger charge is 2.17. The van der Waals surface area contributed by atoms with Crippen LogP contribution in [0.15, 0.2) is 35.1 Å². The molecule has 0 spiro atoms. The molecule has 3 aromatic rings. The van der Waals surface area contributed by atoms with Crippen molar-refractivity contribution in [2.24, 2.45) is 0 Å². The standard InChI is InChI=1S/C13H11ClN4O/c1-2-9(14)12-17-13(19-18-12)8-4-3-5-10-11(8)16-7-6-15-10/h3-7,9H,2H2,1H3. The van der Waals surface area contributed by atoms with Crippen LogP contribution in [0.3, 0.4) is 0 Å². The molecule has 0 aliphatic rings. The molecule has 0 saturated carbocycles. The predicted octanol–water partition coefficient (Wildman–Crippen LogP) is 3.37. The average molecular weight is 275 g/mol. The first-order valence-corrected chi connectivity index (χ1v) is 6.41. The Morgan fingerprint density at radius 2 is 2.11 bits per heavy atom. The van der Waals surface area contributed by atoms with E-state index in [2.05, 4.69) is 20.1 Å². The molecule has 1 atom stereocenters. The number of hydrogen-bond donors (Lipinski definition) is 0. The van der Waals surface area contributed by atoms with Crippen molar-refractivity contribution in [3.05, 3.63) is 36.4 Å². The van der Waals surface area contributed by atoms with Crippen molar-refractivity contribution in [1.29, 1.82) is 0 Å². The third kappa shape index (κ3) is 2.17. The molecule has 0 radical (unpaired) electrons. The topological polar surface area (TPSA) is 64.7 Å². The van der Waals surface area contributed by atoms with E-state index in [1.165, 1.54) is 0 Å². The Morgan fingerprint density at radius 1 is 1.26 bits per heavy atom. The smallest absolute Gasteiger partial charge is 0.260 e. The van der Waals surface area contributed by atoms with Crippen LogP contribution in [-0.2, 0) is 0 Å². The first-order valence-electron chi connectivity index (χ1n) is 5.97. The second-order valence-corrected chi connectivity index (χ2v) is 4.59. The van der Waals surface area contributed by atoms with Crippen molar-refractivity contribution in [1.82, 2.24) is 20.1 Å². The van der Waals surface area contributed by atoms with Crippen molar-refractivity contribution in [3.8, 4) is 11.5 Å². The highest BCUT2D eigenvalue weighted by atomic mass is 35.5. The number of para-hydroxylation sites is 1. The first kappa shape index (κ1) is 12.0. The lowest BCUT2D eigenvalue weighted by Gasteiger charge is -1.99. The quantitative estimate of drug-likeness (QED) is 0.685. The van der Waals surface area contributed by atoms with Gasteiger partial charge in [0.25, 0.3) is 5.89 Å². The average Bonchev–Trinajstić information content (AvgIpc) is 2.95. The van der Waals surface area contributed by atoms with Crippen LogP contribution in [0.1, 0.15) is 24.5 Å². The van der Waals surface area contributed by atoms with Gasteiger partial charge in [0.15, 0.2) is 5.82 Å². The van der Waals surface area contributed by atoms with Gasteiger partial charge in [0.05, 0.1) is 16.5 Å². The summed E-state index contributed by atoms with van der Waals surface area (Å²) >= 11 is 6.10. The fourth-order valence-electron chi connectivity index (χ4n) is 1.82. The van der Waals surface area contributed by atoms with E-state index in [4.69, 9.17) is 16.1 Å². The molecule has 6 heteroatoms. The lowest BCUT2D eigenvalue weighted by Crippen LogP contribution is -1.91. The van der Waals surface area contributed by atoms with Gasteiger partial charge in [-0.15, -0.1) is 11.6 Å². The van der Waals surface area contributed by atoms with E-state index >= 15 is 0 Å². The molecule has 2 heterocycles. The summed E-state index contributed by atoms with van der Waals surface area (Å²) in [6, 6.07) is 5.65. The highest BCUT2D eigenvalue weighted by molar-refractivity contribution is 6.20. The van der Waals surface area contributed by atoms with Gasteiger partial charge in [-0.05, 0) is 18.6 Å². The Hall–Kier alpha value is -2.01. The number of benzene rings is 1. The van der Waals surface area contributed by atoms with E-state index < -0.39 is 0 Å². The summed E-state index contributed by atoms with van der Waals surface area (Å²) < 4.78 is 5.27. The fraction of sp³-hybridized carbons (Fsp3) is 0.231. The van der Waals surface area contributed by atoms with Gasteiger partial charge in [-0.1, -0.05) is 18.1 Å². The van der Waals surface area contributed by atoms with Gasteiger partial charge >= 0.3 is 0 Å². The molecule has 0 bridgehead atoms. The van der Waals surface area contributed by atoms with E-state index in [0.29, 0.717) is 11.7 Å². The molecular formula is C13H11ClN4O. The summed E-state index contributed by atoms with van der Waals surface area (Å²) in [5.41, 5.74) is 2.30. The van der Waals surface area contributed by atoms with Crippen LogP contribution in [0.5, 0.6) is 0 Å². The Morgan fingerprint density at radius 3 is 2.95 bits per heavy atom. The van der Waals surface area contributed by atoms with E-state index in [9.17, 15) is 0 Å². The third-order valence-corrected chi connectivity index (χ3v) is 3.31. The predicted molar refractivity (Wildman–Crippen MR) is 71.7 cm³/mol. The van der Waals surface area contributed by atoms with Gasteiger partial charge in [0, 0.05) is 12.4 Å². The molecule has 19 heavy (non-hydrogen) atoms. The Balaban J connectivity index is 2.12. The van der Waals surface area contributed by atoms with Crippen LogP contribution in [0, 0.1) is 0 Å². The molecule has 2 aromatic heterocycles. The molecule has 0 amide bonds. The number of halogens is 1. The Kier molecular flexibility index (Phi) is 3.13. The SMILES string of the molecule is CCC(Cl)c1noc(-c2cccc3nccnc23)n1. The molecule has 0 saturated heterocycles. The molecule has 0 aliphatic carbocycles. The van der Waals surface area contributed by atoms with Crippen molar-refractivity contribution in [3.63, 3.8) is 0 Å². The molecule has 5 nitrogen and oxygen atoms in total. The zero-order chi connectivity index (χ0) is 13.2. The van der Waals surface area contributed by atoms with E-state index in [1.54, 1.807) is 12.4 Å². The van der Waals surface area contributed by atoms with Gasteiger partial charge in [-0.2, -0.15) is 4.98 Å². The normalized spacial score (nSPS) is 12.7. The summed E-state index contributed by atoms with van der Waals surface area (Å²) in [4.78, 5) is 12.9.